The molecule has 1 fully saturated rings. The summed E-state index contributed by atoms with van der Waals surface area (Å²) in [5.41, 5.74) is 0.721. The summed E-state index contributed by atoms with van der Waals surface area (Å²) in [6.45, 7) is 2.49. The fraction of sp³-hybridized carbons (Fsp3) is 0.571. The highest BCUT2D eigenvalue weighted by molar-refractivity contribution is 5.85. The summed E-state index contributed by atoms with van der Waals surface area (Å²) in [6.07, 6.45) is 0. The van der Waals surface area contributed by atoms with Crippen LogP contribution in [-0.2, 0) is 6.54 Å². The summed E-state index contributed by atoms with van der Waals surface area (Å²) >= 11 is 0. The molecule has 0 aliphatic carbocycles. The minimum atomic E-state index is -2.85. The maximum atomic E-state index is 12.6. The third-order valence-corrected chi connectivity index (χ3v) is 3.33. The molecule has 1 saturated heterocycles. The summed E-state index contributed by atoms with van der Waals surface area (Å²) in [4.78, 5) is 2.22. The zero-order valence-electron chi connectivity index (χ0n) is 12.1. The summed E-state index contributed by atoms with van der Waals surface area (Å²) in [6, 6.07) is 5.61. The SMILES string of the molecule is COc1cccc(CN2CCNC(C)C2)c1OC(F)F.Cl. The van der Waals surface area contributed by atoms with Gasteiger partial charge in [-0.1, -0.05) is 12.1 Å². The Hall–Kier alpha value is -1.11. The highest BCUT2D eigenvalue weighted by Crippen LogP contribution is 2.33. The van der Waals surface area contributed by atoms with Gasteiger partial charge in [-0.25, -0.2) is 0 Å². The Kier molecular flexibility index (Phi) is 7.14. The molecule has 1 N–H and O–H groups in total. The van der Waals surface area contributed by atoms with Crippen LogP contribution >= 0.6 is 12.4 Å². The minimum absolute atomic E-state index is 0. The highest BCUT2D eigenvalue weighted by Gasteiger charge is 2.20. The number of rotatable bonds is 5. The summed E-state index contributed by atoms with van der Waals surface area (Å²) in [5.74, 6) is 0.474. The molecule has 0 bridgehead atoms. The van der Waals surface area contributed by atoms with E-state index in [1.54, 1.807) is 18.2 Å². The normalized spacial score (nSPS) is 19.2. The first-order chi connectivity index (χ1) is 9.60. The molecule has 7 heteroatoms. The molecule has 0 spiro atoms. The van der Waals surface area contributed by atoms with Gasteiger partial charge in [-0.15, -0.1) is 12.4 Å². The van der Waals surface area contributed by atoms with Gasteiger partial charge in [0.1, 0.15) is 0 Å². The molecule has 0 radical (unpaired) electrons. The smallest absolute Gasteiger partial charge is 0.387 e. The average molecular weight is 323 g/mol. The van der Waals surface area contributed by atoms with Gasteiger partial charge in [-0.3, -0.25) is 4.90 Å². The van der Waals surface area contributed by atoms with Crippen LogP contribution in [0.25, 0.3) is 0 Å². The van der Waals surface area contributed by atoms with E-state index in [0.717, 1.165) is 25.2 Å². The number of halogens is 3. The minimum Gasteiger partial charge on any atom is -0.493 e. The van der Waals surface area contributed by atoms with E-state index >= 15 is 0 Å². The summed E-state index contributed by atoms with van der Waals surface area (Å²) in [5, 5.41) is 3.35. The molecular weight excluding hydrogens is 302 g/mol. The van der Waals surface area contributed by atoms with Gasteiger partial charge < -0.3 is 14.8 Å². The number of hydrogen-bond donors (Lipinski definition) is 1. The molecule has 1 atom stereocenters. The van der Waals surface area contributed by atoms with Gasteiger partial charge in [0.25, 0.3) is 0 Å². The van der Waals surface area contributed by atoms with Gasteiger partial charge in [0.15, 0.2) is 11.5 Å². The lowest BCUT2D eigenvalue weighted by Gasteiger charge is -2.32. The topological polar surface area (TPSA) is 33.7 Å². The number of nitrogens with zero attached hydrogens (tertiary/aromatic N) is 1. The third-order valence-electron chi connectivity index (χ3n) is 3.33. The van der Waals surface area contributed by atoms with Crippen LogP contribution in [-0.4, -0.2) is 44.3 Å². The first kappa shape index (κ1) is 17.9. The quantitative estimate of drug-likeness (QED) is 0.903. The van der Waals surface area contributed by atoms with Crippen LogP contribution in [0.15, 0.2) is 18.2 Å². The lowest BCUT2D eigenvalue weighted by atomic mass is 10.1. The maximum absolute atomic E-state index is 12.6. The van der Waals surface area contributed by atoms with Crippen molar-refractivity contribution in [3.05, 3.63) is 23.8 Å². The van der Waals surface area contributed by atoms with Crippen molar-refractivity contribution in [1.82, 2.24) is 10.2 Å². The molecule has 21 heavy (non-hydrogen) atoms. The van der Waals surface area contributed by atoms with Crippen molar-refractivity contribution >= 4 is 12.4 Å². The van der Waals surface area contributed by atoms with Gasteiger partial charge in [0.05, 0.1) is 7.11 Å². The fourth-order valence-corrected chi connectivity index (χ4v) is 2.47. The summed E-state index contributed by atoms with van der Waals surface area (Å²) < 4.78 is 34.9. The maximum Gasteiger partial charge on any atom is 0.387 e. The van der Waals surface area contributed by atoms with Crippen LogP contribution in [0, 0.1) is 0 Å². The number of alkyl halides is 2. The van der Waals surface area contributed by atoms with E-state index in [4.69, 9.17) is 4.74 Å². The lowest BCUT2D eigenvalue weighted by Crippen LogP contribution is -2.48. The summed E-state index contributed by atoms with van der Waals surface area (Å²) in [7, 11) is 1.45. The van der Waals surface area contributed by atoms with Gasteiger partial charge in [-0.2, -0.15) is 8.78 Å². The monoisotopic (exact) mass is 322 g/mol. The second-order valence-electron chi connectivity index (χ2n) is 4.92. The average Bonchev–Trinajstić information content (AvgIpc) is 2.40. The molecule has 1 aromatic carbocycles. The van der Waals surface area contributed by atoms with E-state index in [0.29, 0.717) is 18.3 Å². The van der Waals surface area contributed by atoms with Crippen molar-refractivity contribution in [3.8, 4) is 11.5 Å². The van der Waals surface area contributed by atoms with Crippen molar-refractivity contribution in [2.24, 2.45) is 0 Å². The fourth-order valence-electron chi connectivity index (χ4n) is 2.47. The largest absolute Gasteiger partial charge is 0.493 e. The number of para-hydroxylation sites is 1. The standard InChI is InChI=1S/C14H20F2N2O2.ClH/c1-10-8-18(7-6-17-10)9-11-4-3-5-12(19-2)13(11)20-14(15)16;/h3-5,10,14,17H,6-9H2,1-2H3;1H. The van der Waals surface area contributed by atoms with Crippen LogP contribution < -0.4 is 14.8 Å². The van der Waals surface area contributed by atoms with Gasteiger partial charge in [-0.05, 0) is 13.0 Å². The molecule has 2 rings (SSSR count). The molecule has 1 aliphatic heterocycles. The number of nitrogens with one attached hydrogen (secondary N) is 1. The molecule has 1 aliphatic rings. The highest BCUT2D eigenvalue weighted by atomic mass is 35.5. The molecule has 0 aromatic heterocycles. The zero-order chi connectivity index (χ0) is 14.5. The number of piperazine rings is 1. The van der Waals surface area contributed by atoms with Crippen LogP contribution in [0.5, 0.6) is 11.5 Å². The van der Waals surface area contributed by atoms with Crippen molar-refractivity contribution in [2.75, 3.05) is 26.7 Å². The number of benzene rings is 1. The molecule has 0 saturated carbocycles. The van der Waals surface area contributed by atoms with E-state index in [2.05, 4.69) is 21.9 Å². The van der Waals surface area contributed by atoms with Crippen LogP contribution in [0.1, 0.15) is 12.5 Å². The van der Waals surface area contributed by atoms with Crippen molar-refractivity contribution in [1.29, 1.82) is 0 Å². The molecule has 1 aromatic rings. The second-order valence-corrected chi connectivity index (χ2v) is 4.92. The Morgan fingerprint density at radius 1 is 1.43 bits per heavy atom. The predicted molar refractivity (Wildman–Crippen MR) is 79.6 cm³/mol. The Balaban J connectivity index is 0.00000220. The Bertz CT molecular complexity index is 449. The number of ether oxygens (including phenoxy) is 2. The first-order valence-electron chi connectivity index (χ1n) is 6.66. The van der Waals surface area contributed by atoms with Gasteiger partial charge >= 0.3 is 6.61 Å². The van der Waals surface area contributed by atoms with E-state index in [1.165, 1.54) is 7.11 Å². The Morgan fingerprint density at radius 2 is 2.19 bits per heavy atom. The van der Waals surface area contributed by atoms with Crippen LogP contribution in [0.3, 0.4) is 0 Å². The van der Waals surface area contributed by atoms with E-state index in [9.17, 15) is 8.78 Å². The van der Waals surface area contributed by atoms with Crippen LogP contribution in [0.2, 0.25) is 0 Å². The van der Waals surface area contributed by atoms with E-state index in [-0.39, 0.29) is 18.2 Å². The zero-order valence-corrected chi connectivity index (χ0v) is 13.0. The Labute approximate surface area is 129 Å². The van der Waals surface area contributed by atoms with E-state index in [1.807, 2.05) is 0 Å². The van der Waals surface area contributed by atoms with Gasteiger partial charge in [0, 0.05) is 37.8 Å². The van der Waals surface area contributed by atoms with Crippen molar-refractivity contribution < 1.29 is 18.3 Å². The number of methoxy groups -OCH3 is 1. The van der Waals surface area contributed by atoms with Crippen LogP contribution in [0.4, 0.5) is 8.78 Å². The third kappa shape index (κ3) is 4.98. The molecule has 1 heterocycles. The lowest BCUT2D eigenvalue weighted by molar-refractivity contribution is -0.0522. The first-order valence-corrected chi connectivity index (χ1v) is 6.66. The van der Waals surface area contributed by atoms with Gasteiger partial charge in [0.2, 0.25) is 0 Å². The molecule has 0 amide bonds. The molecule has 120 valence electrons. The molecular formula is C14H21ClF2N2O2. The Morgan fingerprint density at radius 3 is 2.81 bits per heavy atom. The van der Waals surface area contributed by atoms with Crippen molar-refractivity contribution in [2.45, 2.75) is 26.1 Å². The molecule has 1 unspecified atom stereocenters. The molecule has 4 nitrogen and oxygen atoms in total. The second kappa shape index (κ2) is 8.36. The van der Waals surface area contributed by atoms with E-state index < -0.39 is 6.61 Å². The number of hydrogen-bond acceptors (Lipinski definition) is 4. The van der Waals surface area contributed by atoms with Crippen molar-refractivity contribution in [3.63, 3.8) is 0 Å². The predicted octanol–water partition coefficient (Wildman–Crippen LogP) is 2.51.